The lowest BCUT2D eigenvalue weighted by atomic mass is 9.57. The molecule has 0 unspecified atom stereocenters. The molecule has 3 aliphatic heterocycles. The standard InChI is InChI=1S/C22H42N4/c1-18(2)24-11-9-23(10-12-24)15-20-13-22(14-20)5-7-25(8-6-22)21-16-26(17-21)19(3)4/h18-21H,5-17H2,1-4H3. The van der Waals surface area contributed by atoms with Crippen LogP contribution < -0.4 is 0 Å². The largest absolute Gasteiger partial charge is 0.301 e. The van der Waals surface area contributed by atoms with Crippen LogP contribution in [-0.2, 0) is 0 Å². The molecule has 0 radical (unpaired) electrons. The quantitative estimate of drug-likeness (QED) is 0.745. The Kier molecular flexibility index (Phi) is 5.67. The molecule has 0 bridgehead atoms. The van der Waals surface area contributed by atoms with E-state index < -0.39 is 0 Å². The van der Waals surface area contributed by atoms with Crippen molar-refractivity contribution in [2.75, 3.05) is 58.9 Å². The van der Waals surface area contributed by atoms with Crippen LogP contribution >= 0.6 is 0 Å². The first-order valence-electron chi connectivity index (χ1n) is 11.4. The molecule has 1 aliphatic carbocycles. The van der Waals surface area contributed by atoms with Crippen molar-refractivity contribution in [2.45, 2.75) is 71.5 Å². The molecule has 0 aromatic carbocycles. The van der Waals surface area contributed by atoms with Crippen LogP contribution in [0.2, 0.25) is 0 Å². The molecule has 4 rings (SSSR count). The molecule has 0 aromatic heterocycles. The van der Waals surface area contributed by atoms with Crippen molar-refractivity contribution in [1.82, 2.24) is 19.6 Å². The molecule has 3 heterocycles. The van der Waals surface area contributed by atoms with Crippen molar-refractivity contribution < 1.29 is 0 Å². The van der Waals surface area contributed by atoms with Crippen LogP contribution in [0.25, 0.3) is 0 Å². The number of piperidine rings is 1. The third-order valence-electron chi connectivity index (χ3n) is 8.09. The maximum absolute atomic E-state index is 2.81. The molecule has 3 saturated heterocycles. The van der Waals surface area contributed by atoms with Gasteiger partial charge in [-0.05, 0) is 77.8 Å². The van der Waals surface area contributed by atoms with Crippen molar-refractivity contribution in [3.8, 4) is 0 Å². The lowest BCUT2D eigenvalue weighted by molar-refractivity contribution is -0.0644. The monoisotopic (exact) mass is 362 g/mol. The molecule has 0 amide bonds. The van der Waals surface area contributed by atoms with Gasteiger partial charge in [0.25, 0.3) is 0 Å². The zero-order valence-corrected chi connectivity index (χ0v) is 17.8. The predicted octanol–water partition coefficient (Wildman–Crippen LogP) is 2.60. The highest BCUT2D eigenvalue weighted by Gasteiger charge is 2.47. The summed E-state index contributed by atoms with van der Waals surface area (Å²) < 4.78 is 0. The minimum Gasteiger partial charge on any atom is -0.301 e. The molecule has 26 heavy (non-hydrogen) atoms. The van der Waals surface area contributed by atoms with E-state index in [0.29, 0.717) is 0 Å². The summed E-state index contributed by atoms with van der Waals surface area (Å²) in [6.45, 7) is 21.2. The molecule has 0 N–H and O–H groups in total. The number of rotatable bonds is 5. The maximum atomic E-state index is 2.81. The molecule has 4 fully saturated rings. The summed E-state index contributed by atoms with van der Waals surface area (Å²) in [4.78, 5) is 10.8. The maximum Gasteiger partial charge on any atom is 0.0350 e. The molecular weight excluding hydrogens is 320 g/mol. The van der Waals surface area contributed by atoms with Gasteiger partial charge in [-0.25, -0.2) is 0 Å². The lowest BCUT2D eigenvalue weighted by Crippen LogP contribution is -2.63. The van der Waals surface area contributed by atoms with Gasteiger partial charge >= 0.3 is 0 Å². The van der Waals surface area contributed by atoms with Crippen LogP contribution in [0.4, 0.5) is 0 Å². The Bertz CT molecular complexity index is 447. The lowest BCUT2D eigenvalue weighted by Gasteiger charge is -2.56. The highest BCUT2D eigenvalue weighted by atomic mass is 15.3. The summed E-state index contributed by atoms with van der Waals surface area (Å²) in [6, 6.07) is 2.32. The Morgan fingerprint density at radius 3 is 1.88 bits per heavy atom. The fraction of sp³-hybridized carbons (Fsp3) is 1.00. The van der Waals surface area contributed by atoms with Gasteiger partial charge in [-0.1, -0.05) is 0 Å². The first-order valence-corrected chi connectivity index (χ1v) is 11.4. The highest BCUT2D eigenvalue weighted by Crippen LogP contribution is 2.53. The van der Waals surface area contributed by atoms with Crippen molar-refractivity contribution in [3.63, 3.8) is 0 Å². The summed E-state index contributed by atoms with van der Waals surface area (Å²) in [5.74, 6) is 0.993. The van der Waals surface area contributed by atoms with E-state index in [4.69, 9.17) is 0 Å². The van der Waals surface area contributed by atoms with E-state index in [1.54, 1.807) is 0 Å². The summed E-state index contributed by atoms with van der Waals surface area (Å²) in [5, 5.41) is 0. The van der Waals surface area contributed by atoms with Crippen LogP contribution in [0, 0.1) is 11.3 Å². The molecule has 0 aromatic rings. The van der Waals surface area contributed by atoms with Gasteiger partial charge in [0.05, 0.1) is 0 Å². The van der Waals surface area contributed by atoms with Crippen molar-refractivity contribution in [2.24, 2.45) is 11.3 Å². The van der Waals surface area contributed by atoms with Crippen LogP contribution in [0.15, 0.2) is 0 Å². The van der Waals surface area contributed by atoms with E-state index in [0.717, 1.165) is 29.5 Å². The van der Waals surface area contributed by atoms with Gasteiger partial charge in [-0.15, -0.1) is 0 Å². The molecule has 1 saturated carbocycles. The number of hydrogen-bond donors (Lipinski definition) is 0. The molecule has 0 atom stereocenters. The summed E-state index contributed by atoms with van der Waals surface area (Å²) in [6.07, 6.45) is 5.99. The average Bonchev–Trinajstić information content (AvgIpc) is 2.54. The highest BCUT2D eigenvalue weighted by molar-refractivity contribution is 5.00. The molecule has 4 heteroatoms. The van der Waals surface area contributed by atoms with Crippen LogP contribution in [0.1, 0.15) is 53.4 Å². The van der Waals surface area contributed by atoms with Crippen LogP contribution in [0.5, 0.6) is 0 Å². The van der Waals surface area contributed by atoms with Crippen LogP contribution in [-0.4, -0.2) is 96.6 Å². The van der Waals surface area contributed by atoms with Gasteiger partial charge in [0.2, 0.25) is 0 Å². The summed E-state index contributed by atoms with van der Waals surface area (Å²) in [5.41, 5.74) is 0.738. The Balaban J connectivity index is 1.14. The average molecular weight is 363 g/mol. The fourth-order valence-corrected chi connectivity index (χ4v) is 6.03. The van der Waals surface area contributed by atoms with Gasteiger partial charge in [0.15, 0.2) is 0 Å². The zero-order chi connectivity index (χ0) is 18.3. The third kappa shape index (κ3) is 3.99. The van der Waals surface area contributed by atoms with Crippen molar-refractivity contribution in [3.05, 3.63) is 0 Å². The van der Waals surface area contributed by atoms with E-state index in [1.807, 2.05) is 0 Å². The summed E-state index contributed by atoms with van der Waals surface area (Å²) >= 11 is 0. The van der Waals surface area contributed by atoms with E-state index in [-0.39, 0.29) is 0 Å². The zero-order valence-electron chi connectivity index (χ0n) is 17.8. The Hall–Kier alpha value is -0.160. The van der Waals surface area contributed by atoms with E-state index in [1.165, 1.54) is 84.6 Å². The van der Waals surface area contributed by atoms with Crippen molar-refractivity contribution in [1.29, 1.82) is 0 Å². The number of piperazine rings is 1. The third-order valence-corrected chi connectivity index (χ3v) is 8.09. The molecular formula is C22H42N4. The Labute approximate surface area is 161 Å². The Morgan fingerprint density at radius 1 is 0.769 bits per heavy atom. The predicted molar refractivity (Wildman–Crippen MR) is 110 cm³/mol. The van der Waals surface area contributed by atoms with Gasteiger partial charge in [0.1, 0.15) is 0 Å². The normalized spacial score (nSPS) is 30.2. The van der Waals surface area contributed by atoms with Gasteiger partial charge in [-0.2, -0.15) is 0 Å². The molecule has 4 aliphatic rings. The van der Waals surface area contributed by atoms with E-state index >= 15 is 0 Å². The SMILES string of the molecule is CC(C)N1CCN(CC2CC3(CCN(C4CN(C(C)C)C4)CC3)C2)CC1. The number of nitrogens with zero attached hydrogens (tertiary/aromatic N) is 4. The summed E-state index contributed by atoms with van der Waals surface area (Å²) in [7, 11) is 0. The first kappa shape index (κ1) is 19.2. The molecule has 1 spiro atoms. The Morgan fingerprint density at radius 2 is 1.35 bits per heavy atom. The van der Waals surface area contributed by atoms with E-state index in [2.05, 4.69) is 47.3 Å². The molecule has 150 valence electrons. The molecule has 4 nitrogen and oxygen atoms in total. The minimum atomic E-state index is 0.720. The van der Waals surface area contributed by atoms with Gasteiger partial charge in [-0.3, -0.25) is 14.7 Å². The van der Waals surface area contributed by atoms with Crippen LogP contribution in [0.3, 0.4) is 0 Å². The van der Waals surface area contributed by atoms with Gasteiger partial charge < -0.3 is 4.90 Å². The van der Waals surface area contributed by atoms with E-state index in [9.17, 15) is 0 Å². The van der Waals surface area contributed by atoms with Gasteiger partial charge in [0, 0.05) is 63.9 Å². The topological polar surface area (TPSA) is 13.0 Å². The van der Waals surface area contributed by atoms with Crippen molar-refractivity contribution >= 4 is 0 Å². The minimum absolute atomic E-state index is 0.720. The second-order valence-corrected chi connectivity index (χ2v) is 10.4. The number of hydrogen-bond acceptors (Lipinski definition) is 4. The first-order chi connectivity index (χ1) is 12.4. The smallest absolute Gasteiger partial charge is 0.0350 e. The second kappa shape index (κ2) is 7.69. The second-order valence-electron chi connectivity index (χ2n) is 10.4. The number of likely N-dealkylation sites (tertiary alicyclic amines) is 2. The fourth-order valence-electron chi connectivity index (χ4n) is 6.03.